The van der Waals surface area contributed by atoms with Crippen molar-refractivity contribution in [1.82, 2.24) is 0 Å². The van der Waals surface area contributed by atoms with Crippen LogP contribution in [0.25, 0.3) is 0 Å². The van der Waals surface area contributed by atoms with E-state index in [0.717, 1.165) is 19.6 Å². The van der Waals surface area contributed by atoms with E-state index in [9.17, 15) is 19.3 Å². The van der Waals surface area contributed by atoms with Crippen LogP contribution in [0.5, 0.6) is 0 Å². The fraction of sp³-hybridized carbons (Fsp3) is 0.417. The van der Waals surface area contributed by atoms with E-state index in [1.54, 1.807) is 0 Å². The quantitative estimate of drug-likeness (QED) is 0.503. The van der Waals surface area contributed by atoms with Crippen molar-refractivity contribution in [2.45, 2.75) is 12.5 Å². The molecule has 0 spiro atoms. The molecule has 1 fully saturated rings. The number of carbonyl (C=O) groups is 1. The van der Waals surface area contributed by atoms with Gasteiger partial charge in [0.15, 0.2) is 0 Å². The number of esters is 1. The van der Waals surface area contributed by atoms with E-state index >= 15 is 0 Å². The molecule has 108 valence electrons. The fourth-order valence-corrected chi connectivity index (χ4v) is 1.82. The molecule has 0 aliphatic carbocycles. The molecule has 0 radical (unpaired) electrons. The Morgan fingerprint density at radius 3 is 2.85 bits per heavy atom. The Morgan fingerprint density at radius 2 is 2.35 bits per heavy atom. The number of ether oxygens (including phenoxy) is 2. The van der Waals surface area contributed by atoms with Crippen LogP contribution in [0.1, 0.15) is 16.8 Å². The Kier molecular flexibility index (Phi) is 4.14. The van der Waals surface area contributed by atoms with E-state index in [-0.39, 0.29) is 17.4 Å². The minimum atomic E-state index is -1.09. The number of nitrogens with zero attached hydrogens (tertiary/aromatic N) is 1. The van der Waals surface area contributed by atoms with E-state index < -0.39 is 22.4 Å². The fourth-order valence-electron chi connectivity index (χ4n) is 1.82. The van der Waals surface area contributed by atoms with Crippen LogP contribution in [0.4, 0.5) is 15.8 Å². The lowest BCUT2D eigenvalue weighted by atomic mass is 10.1. The minimum Gasteiger partial charge on any atom is -0.465 e. The van der Waals surface area contributed by atoms with Gasteiger partial charge in [-0.05, 0) is 18.6 Å². The van der Waals surface area contributed by atoms with Crippen molar-refractivity contribution in [3.8, 4) is 0 Å². The van der Waals surface area contributed by atoms with E-state index in [4.69, 9.17) is 4.74 Å². The molecule has 7 nitrogen and oxygen atoms in total. The third kappa shape index (κ3) is 2.85. The first-order valence-electron chi connectivity index (χ1n) is 5.94. The lowest BCUT2D eigenvalue weighted by molar-refractivity contribution is -0.386. The van der Waals surface area contributed by atoms with Gasteiger partial charge in [-0.1, -0.05) is 0 Å². The molecule has 0 saturated carbocycles. The third-order valence-electron chi connectivity index (χ3n) is 2.98. The van der Waals surface area contributed by atoms with E-state index in [0.29, 0.717) is 13.2 Å². The number of hydrogen-bond acceptors (Lipinski definition) is 6. The summed E-state index contributed by atoms with van der Waals surface area (Å²) in [5.74, 6) is -1.85. The number of nitrogens with one attached hydrogen (secondary N) is 1. The summed E-state index contributed by atoms with van der Waals surface area (Å²) in [5, 5.41) is 13.6. The standard InChI is InChI=1S/C12H13FN2O5/c1-19-12(16)7-4-9(13)11(15(17)18)10(5-7)14-6-8-2-3-20-8/h4-5,8,14H,2-3,6H2,1H3. The average molecular weight is 284 g/mol. The molecule has 1 atom stereocenters. The van der Waals surface area contributed by atoms with Gasteiger partial charge < -0.3 is 14.8 Å². The molecular weight excluding hydrogens is 271 g/mol. The molecule has 1 aliphatic rings. The Hall–Kier alpha value is -2.22. The lowest BCUT2D eigenvalue weighted by Gasteiger charge is -2.26. The van der Waals surface area contributed by atoms with Crippen molar-refractivity contribution >= 4 is 17.3 Å². The summed E-state index contributed by atoms with van der Waals surface area (Å²) >= 11 is 0. The number of benzene rings is 1. The Morgan fingerprint density at radius 1 is 1.65 bits per heavy atom. The molecule has 1 heterocycles. The summed E-state index contributed by atoms with van der Waals surface area (Å²) < 4.78 is 23.4. The maximum absolute atomic E-state index is 13.8. The van der Waals surface area contributed by atoms with Crippen molar-refractivity contribution in [3.05, 3.63) is 33.6 Å². The number of rotatable bonds is 5. The Balaban J connectivity index is 2.30. The van der Waals surface area contributed by atoms with Crippen LogP contribution in [0.15, 0.2) is 12.1 Å². The highest BCUT2D eigenvalue weighted by molar-refractivity contribution is 5.91. The lowest BCUT2D eigenvalue weighted by Crippen LogP contribution is -2.33. The molecular formula is C12H13FN2O5. The first-order valence-corrected chi connectivity index (χ1v) is 5.94. The Labute approximate surface area is 113 Å². The van der Waals surface area contributed by atoms with Gasteiger partial charge in [-0.3, -0.25) is 10.1 Å². The van der Waals surface area contributed by atoms with Crippen LogP contribution < -0.4 is 5.32 Å². The largest absolute Gasteiger partial charge is 0.465 e. The number of anilines is 1. The van der Waals surface area contributed by atoms with Crippen LogP contribution in [0, 0.1) is 15.9 Å². The predicted octanol–water partition coefficient (Wildman–Crippen LogP) is 1.72. The summed E-state index contributed by atoms with van der Waals surface area (Å²) in [6.45, 7) is 0.954. The zero-order chi connectivity index (χ0) is 14.7. The van der Waals surface area contributed by atoms with E-state index in [1.807, 2.05) is 0 Å². The smallest absolute Gasteiger partial charge is 0.338 e. The Bertz CT molecular complexity index is 545. The highest BCUT2D eigenvalue weighted by atomic mass is 19.1. The number of methoxy groups -OCH3 is 1. The summed E-state index contributed by atoms with van der Waals surface area (Å²) in [6.07, 6.45) is 0.777. The number of carbonyl (C=O) groups excluding carboxylic acids is 1. The van der Waals surface area contributed by atoms with Gasteiger partial charge >= 0.3 is 11.7 Å². The van der Waals surface area contributed by atoms with Crippen molar-refractivity contribution in [3.63, 3.8) is 0 Å². The van der Waals surface area contributed by atoms with Crippen LogP contribution in [0.3, 0.4) is 0 Å². The van der Waals surface area contributed by atoms with E-state index in [2.05, 4.69) is 10.1 Å². The first-order chi connectivity index (χ1) is 9.52. The van der Waals surface area contributed by atoms with Crippen molar-refractivity contribution in [1.29, 1.82) is 0 Å². The van der Waals surface area contributed by atoms with Gasteiger partial charge in [-0.15, -0.1) is 0 Å². The van der Waals surface area contributed by atoms with Crippen molar-refractivity contribution in [2.75, 3.05) is 25.6 Å². The third-order valence-corrected chi connectivity index (χ3v) is 2.98. The normalized spacial score (nSPS) is 17.2. The molecule has 1 unspecified atom stereocenters. The summed E-state index contributed by atoms with van der Waals surface area (Å²) in [7, 11) is 1.15. The van der Waals surface area contributed by atoms with Gasteiger partial charge in [-0.2, -0.15) is 4.39 Å². The maximum atomic E-state index is 13.8. The minimum absolute atomic E-state index is 0.0561. The molecule has 0 bridgehead atoms. The number of hydrogen-bond donors (Lipinski definition) is 1. The van der Waals surface area contributed by atoms with Crippen LogP contribution >= 0.6 is 0 Å². The molecule has 1 aromatic carbocycles. The topological polar surface area (TPSA) is 90.7 Å². The van der Waals surface area contributed by atoms with Gasteiger partial charge in [0.1, 0.15) is 5.69 Å². The van der Waals surface area contributed by atoms with Crippen LogP contribution in [-0.4, -0.2) is 37.3 Å². The number of nitro groups is 1. The molecule has 1 saturated heterocycles. The monoisotopic (exact) mass is 284 g/mol. The summed E-state index contributed by atoms with van der Waals surface area (Å²) in [4.78, 5) is 21.5. The zero-order valence-corrected chi connectivity index (χ0v) is 10.7. The zero-order valence-electron chi connectivity index (χ0n) is 10.7. The van der Waals surface area contributed by atoms with Gasteiger partial charge in [-0.25, -0.2) is 4.79 Å². The van der Waals surface area contributed by atoms with E-state index in [1.165, 1.54) is 6.07 Å². The summed E-state index contributed by atoms with van der Waals surface area (Å²) in [5.41, 5.74) is -0.851. The molecule has 20 heavy (non-hydrogen) atoms. The second kappa shape index (κ2) is 5.83. The second-order valence-corrected chi connectivity index (χ2v) is 4.27. The van der Waals surface area contributed by atoms with Gasteiger partial charge in [0, 0.05) is 13.2 Å². The molecule has 1 aromatic rings. The molecule has 0 amide bonds. The summed E-state index contributed by atoms with van der Waals surface area (Å²) in [6, 6.07) is 1.99. The second-order valence-electron chi connectivity index (χ2n) is 4.27. The van der Waals surface area contributed by atoms with Gasteiger partial charge in [0.25, 0.3) is 0 Å². The number of nitro benzene ring substituents is 1. The van der Waals surface area contributed by atoms with Crippen LogP contribution in [0.2, 0.25) is 0 Å². The maximum Gasteiger partial charge on any atom is 0.338 e. The van der Waals surface area contributed by atoms with Gasteiger partial charge in [0.2, 0.25) is 5.82 Å². The van der Waals surface area contributed by atoms with Crippen LogP contribution in [-0.2, 0) is 9.47 Å². The van der Waals surface area contributed by atoms with Crippen molar-refractivity contribution < 1.29 is 23.6 Å². The van der Waals surface area contributed by atoms with Gasteiger partial charge in [0.05, 0.1) is 23.7 Å². The SMILES string of the molecule is COC(=O)c1cc(F)c([N+](=O)[O-])c(NCC2CCO2)c1. The molecule has 0 aromatic heterocycles. The highest BCUT2D eigenvalue weighted by Crippen LogP contribution is 2.30. The molecule has 8 heteroatoms. The average Bonchev–Trinajstić information content (AvgIpc) is 2.34. The highest BCUT2D eigenvalue weighted by Gasteiger charge is 2.25. The molecule has 1 N–H and O–H groups in total. The molecule has 2 rings (SSSR count). The predicted molar refractivity (Wildman–Crippen MR) is 67.2 cm³/mol. The first kappa shape index (κ1) is 14.2. The molecule has 1 aliphatic heterocycles. The number of halogens is 1. The van der Waals surface area contributed by atoms with Crippen molar-refractivity contribution in [2.24, 2.45) is 0 Å².